The summed E-state index contributed by atoms with van der Waals surface area (Å²) in [6.07, 6.45) is 2.81. The fourth-order valence-corrected chi connectivity index (χ4v) is 3.20. The van der Waals surface area contributed by atoms with Crippen LogP contribution in [0.15, 0.2) is 24.3 Å². The summed E-state index contributed by atoms with van der Waals surface area (Å²) in [7, 11) is 0. The predicted molar refractivity (Wildman–Crippen MR) is 89.9 cm³/mol. The fourth-order valence-electron chi connectivity index (χ4n) is 3.20. The van der Waals surface area contributed by atoms with E-state index < -0.39 is 0 Å². The van der Waals surface area contributed by atoms with Crippen LogP contribution in [-0.4, -0.2) is 31.4 Å². The van der Waals surface area contributed by atoms with Crippen LogP contribution in [0.4, 0.5) is 0 Å². The molecule has 0 spiro atoms. The first-order chi connectivity index (χ1) is 11.0. The van der Waals surface area contributed by atoms with E-state index in [-0.39, 0.29) is 23.8 Å². The van der Waals surface area contributed by atoms with E-state index in [0.29, 0.717) is 13.1 Å². The van der Waals surface area contributed by atoms with Gasteiger partial charge in [0, 0.05) is 0 Å². The van der Waals surface area contributed by atoms with Crippen LogP contribution in [0.1, 0.15) is 43.9 Å². The molecule has 1 unspecified atom stereocenters. The molecular formula is C18H28N3O2+. The van der Waals surface area contributed by atoms with Crippen LogP contribution < -0.4 is 16.0 Å². The summed E-state index contributed by atoms with van der Waals surface area (Å²) >= 11 is 0. The number of nitrogens with two attached hydrogens (primary N) is 1. The number of piperidine rings is 1. The van der Waals surface area contributed by atoms with E-state index in [1.165, 1.54) is 5.56 Å². The molecule has 1 aliphatic rings. The second-order valence-electron chi connectivity index (χ2n) is 6.51. The van der Waals surface area contributed by atoms with Gasteiger partial charge in [0.2, 0.25) is 5.91 Å². The number of benzene rings is 1. The maximum atomic E-state index is 12.2. The standard InChI is InChI=1S/C18H27N3O2/c1-3-14-6-8-15(9-7-14)13(2)20-17(22)12-21-10-4-5-16(11-21)18(19)23/h6-9,13,16H,3-5,10-12H2,1-2H3,(H2,19,23)(H,20,22)/p+1/t13-,16-/m0/s1. The molecule has 2 amide bonds. The molecule has 3 atom stereocenters. The molecule has 5 heteroatoms. The number of amides is 2. The van der Waals surface area contributed by atoms with Crippen molar-refractivity contribution in [3.05, 3.63) is 35.4 Å². The highest BCUT2D eigenvalue weighted by atomic mass is 16.2. The zero-order valence-corrected chi connectivity index (χ0v) is 14.1. The van der Waals surface area contributed by atoms with Crippen molar-refractivity contribution in [1.29, 1.82) is 0 Å². The molecule has 0 bridgehead atoms. The Bertz CT molecular complexity index is 542. The highest BCUT2D eigenvalue weighted by Gasteiger charge is 2.28. The number of hydrogen-bond donors (Lipinski definition) is 3. The molecule has 5 nitrogen and oxygen atoms in total. The molecular weight excluding hydrogens is 290 g/mol. The van der Waals surface area contributed by atoms with Gasteiger partial charge in [-0.05, 0) is 37.3 Å². The predicted octanol–water partition coefficient (Wildman–Crippen LogP) is 0.206. The smallest absolute Gasteiger partial charge is 0.275 e. The monoisotopic (exact) mass is 318 g/mol. The number of likely N-dealkylation sites (tertiary alicyclic amines) is 1. The lowest BCUT2D eigenvalue weighted by atomic mass is 9.97. The van der Waals surface area contributed by atoms with Gasteiger partial charge in [0.05, 0.1) is 25.0 Å². The summed E-state index contributed by atoms with van der Waals surface area (Å²) < 4.78 is 0. The first kappa shape index (κ1) is 17.5. The van der Waals surface area contributed by atoms with Crippen LogP contribution in [0.25, 0.3) is 0 Å². The highest BCUT2D eigenvalue weighted by molar-refractivity contribution is 5.78. The van der Waals surface area contributed by atoms with Gasteiger partial charge in [0.15, 0.2) is 6.54 Å². The summed E-state index contributed by atoms with van der Waals surface area (Å²) in [4.78, 5) is 24.7. The van der Waals surface area contributed by atoms with E-state index in [9.17, 15) is 9.59 Å². The Hall–Kier alpha value is -1.88. The maximum absolute atomic E-state index is 12.2. The molecule has 126 valence electrons. The van der Waals surface area contributed by atoms with E-state index in [1.807, 2.05) is 6.92 Å². The summed E-state index contributed by atoms with van der Waals surface area (Å²) in [5.74, 6) is -0.310. The molecule has 0 saturated carbocycles. The van der Waals surface area contributed by atoms with Crippen LogP contribution in [0.3, 0.4) is 0 Å². The molecule has 2 rings (SSSR count). The van der Waals surface area contributed by atoms with Gasteiger partial charge < -0.3 is 16.0 Å². The third kappa shape index (κ3) is 5.06. The van der Waals surface area contributed by atoms with Gasteiger partial charge in [-0.3, -0.25) is 9.59 Å². The Labute approximate surface area is 138 Å². The Morgan fingerprint density at radius 1 is 1.35 bits per heavy atom. The third-order valence-electron chi connectivity index (χ3n) is 4.70. The van der Waals surface area contributed by atoms with Crippen molar-refractivity contribution in [2.24, 2.45) is 11.7 Å². The summed E-state index contributed by atoms with van der Waals surface area (Å²) in [5.41, 5.74) is 7.79. The number of nitrogens with one attached hydrogen (secondary N) is 2. The minimum Gasteiger partial charge on any atom is -0.369 e. The Kier molecular flexibility index (Phi) is 6.16. The zero-order chi connectivity index (χ0) is 16.8. The van der Waals surface area contributed by atoms with E-state index in [0.717, 1.165) is 36.3 Å². The number of carbonyl (C=O) groups excluding carboxylic acids is 2. The first-order valence-corrected chi connectivity index (χ1v) is 8.50. The molecule has 23 heavy (non-hydrogen) atoms. The normalized spacial score (nSPS) is 22.3. The van der Waals surface area contributed by atoms with Crippen LogP contribution in [-0.2, 0) is 16.0 Å². The molecule has 1 fully saturated rings. The first-order valence-electron chi connectivity index (χ1n) is 8.50. The van der Waals surface area contributed by atoms with E-state index >= 15 is 0 Å². The van der Waals surface area contributed by atoms with Gasteiger partial charge in [-0.25, -0.2) is 0 Å². The molecule has 4 N–H and O–H groups in total. The Balaban J connectivity index is 1.84. The van der Waals surface area contributed by atoms with Crippen LogP contribution in [0.2, 0.25) is 0 Å². The van der Waals surface area contributed by atoms with Gasteiger partial charge >= 0.3 is 0 Å². The number of carbonyl (C=O) groups is 2. The van der Waals surface area contributed by atoms with Crippen LogP contribution >= 0.6 is 0 Å². The second kappa shape index (κ2) is 8.11. The zero-order valence-electron chi connectivity index (χ0n) is 14.1. The lowest BCUT2D eigenvalue weighted by Gasteiger charge is -2.28. The number of aryl methyl sites for hydroxylation is 1. The van der Waals surface area contributed by atoms with Crippen molar-refractivity contribution >= 4 is 11.8 Å². The van der Waals surface area contributed by atoms with Crippen LogP contribution in [0, 0.1) is 5.92 Å². The average molecular weight is 318 g/mol. The summed E-state index contributed by atoms with van der Waals surface area (Å²) in [6, 6.07) is 8.34. The maximum Gasteiger partial charge on any atom is 0.275 e. The summed E-state index contributed by atoms with van der Waals surface area (Å²) in [5, 5.41) is 3.05. The molecule has 0 aromatic heterocycles. The van der Waals surface area contributed by atoms with Gasteiger partial charge in [-0.2, -0.15) is 0 Å². The topological polar surface area (TPSA) is 76.6 Å². The lowest BCUT2D eigenvalue weighted by molar-refractivity contribution is -0.899. The highest BCUT2D eigenvalue weighted by Crippen LogP contribution is 2.13. The molecule has 1 heterocycles. The average Bonchev–Trinajstić information content (AvgIpc) is 2.55. The molecule has 1 saturated heterocycles. The van der Waals surface area contributed by atoms with Gasteiger partial charge in [-0.1, -0.05) is 31.2 Å². The van der Waals surface area contributed by atoms with Crippen LogP contribution in [0.5, 0.6) is 0 Å². The Morgan fingerprint density at radius 2 is 2.04 bits per heavy atom. The fraction of sp³-hybridized carbons (Fsp3) is 0.556. The Morgan fingerprint density at radius 3 is 2.65 bits per heavy atom. The summed E-state index contributed by atoms with van der Waals surface area (Å²) in [6.45, 7) is 6.12. The van der Waals surface area contributed by atoms with Crippen molar-refractivity contribution in [2.45, 2.75) is 39.2 Å². The lowest BCUT2D eigenvalue weighted by Crippen LogP contribution is -3.15. The molecule has 1 aliphatic heterocycles. The number of quaternary nitrogens is 1. The van der Waals surface area contributed by atoms with E-state index in [1.54, 1.807) is 0 Å². The van der Waals surface area contributed by atoms with Crippen molar-refractivity contribution in [3.63, 3.8) is 0 Å². The van der Waals surface area contributed by atoms with Gasteiger partial charge in [0.1, 0.15) is 0 Å². The molecule has 0 aliphatic carbocycles. The largest absolute Gasteiger partial charge is 0.369 e. The molecule has 1 aromatic rings. The van der Waals surface area contributed by atoms with Crippen molar-refractivity contribution in [2.75, 3.05) is 19.6 Å². The minimum absolute atomic E-state index is 0.00969. The van der Waals surface area contributed by atoms with Crippen molar-refractivity contribution in [3.8, 4) is 0 Å². The van der Waals surface area contributed by atoms with Crippen molar-refractivity contribution in [1.82, 2.24) is 5.32 Å². The van der Waals surface area contributed by atoms with E-state index in [4.69, 9.17) is 5.73 Å². The quantitative estimate of drug-likeness (QED) is 0.701. The van der Waals surface area contributed by atoms with Gasteiger partial charge in [0.25, 0.3) is 5.91 Å². The molecule has 0 radical (unpaired) electrons. The SMILES string of the molecule is CCc1ccc([C@H](C)NC(=O)C[NH+]2CCC[C@H](C(N)=O)C2)cc1. The van der Waals surface area contributed by atoms with Gasteiger partial charge in [-0.15, -0.1) is 0 Å². The second-order valence-corrected chi connectivity index (χ2v) is 6.51. The number of hydrogen-bond acceptors (Lipinski definition) is 2. The third-order valence-corrected chi connectivity index (χ3v) is 4.70. The van der Waals surface area contributed by atoms with E-state index in [2.05, 4.69) is 36.5 Å². The minimum atomic E-state index is -0.244. The van der Waals surface area contributed by atoms with Crippen molar-refractivity contribution < 1.29 is 14.5 Å². The molecule has 1 aromatic carbocycles. The number of primary amides is 1. The number of rotatable bonds is 6.